The van der Waals surface area contributed by atoms with Gasteiger partial charge in [0, 0.05) is 11.1 Å². The molecular weight excluding hydrogens is 304 g/mol. The maximum atomic E-state index is 10.6. The average molecular weight is 318 g/mol. The van der Waals surface area contributed by atoms with Crippen LogP contribution in [-0.4, -0.2) is 20.4 Å². The van der Waals surface area contributed by atoms with Gasteiger partial charge < -0.3 is 20.4 Å². The van der Waals surface area contributed by atoms with Gasteiger partial charge in [-0.2, -0.15) is 0 Å². The van der Waals surface area contributed by atoms with Crippen LogP contribution in [0.25, 0.3) is 32.7 Å². The van der Waals surface area contributed by atoms with Gasteiger partial charge in [-0.15, -0.1) is 0 Å². The molecule has 0 fully saturated rings. The zero-order valence-corrected chi connectivity index (χ0v) is 12.6. The van der Waals surface area contributed by atoms with E-state index >= 15 is 0 Å². The Balaban J connectivity index is 2.07. The van der Waals surface area contributed by atoms with Gasteiger partial charge in [0.2, 0.25) is 0 Å². The van der Waals surface area contributed by atoms with Crippen LogP contribution in [0.5, 0.6) is 23.0 Å². The summed E-state index contributed by atoms with van der Waals surface area (Å²) in [6.07, 6.45) is 0. The quantitative estimate of drug-likeness (QED) is 0.417. The molecule has 0 aromatic heterocycles. The van der Waals surface area contributed by atoms with E-state index in [0.29, 0.717) is 32.7 Å². The summed E-state index contributed by atoms with van der Waals surface area (Å²) in [7, 11) is 0. The third kappa shape index (κ3) is 1.93. The minimum Gasteiger partial charge on any atom is -0.507 e. The normalized spacial score (nSPS) is 11.2. The lowest BCUT2D eigenvalue weighted by Gasteiger charge is -2.13. The summed E-state index contributed by atoms with van der Waals surface area (Å²) < 4.78 is 0. The molecule has 0 saturated carbocycles. The standard InChI is InChI=1S/C20H14O4/c21-15-5-1-3-11-7-9-13(19(23)17(11)15)14-10-8-12-4-2-6-16(22)18(12)20(14)24/h1-10,21-24H. The molecule has 0 aliphatic heterocycles. The van der Waals surface area contributed by atoms with E-state index in [1.54, 1.807) is 48.5 Å². The molecule has 0 aliphatic rings. The number of hydrogen-bond acceptors (Lipinski definition) is 4. The highest BCUT2D eigenvalue weighted by atomic mass is 16.3. The second-order valence-electron chi connectivity index (χ2n) is 5.67. The molecular formula is C20H14O4. The van der Waals surface area contributed by atoms with Gasteiger partial charge in [-0.25, -0.2) is 0 Å². The molecule has 0 heterocycles. The predicted octanol–water partition coefficient (Wildman–Crippen LogP) is 4.48. The molecule has 0 radical (unpaired) electrons. The van der Waals surface area contributed by atoms with Gasteiger partial charge >= 0.3 is 0 Å². The number of phenolic OH excluding ortho intramolecular Hbond substituents is 4. The van der Waals surface area contributed by atoms with Crippen LogP contribution in [0.3, 0.4) is 0 Å². The molecule has 4 nitrogen and oxygen atoms in total. The van der Waals surface area contributed by atoms with Gasteiger partial charge in [-0.05, 0) is 35.0 Å². The van der Waals surface area contributed by atoms with Crippen molar-refractivity contribution in [1.29, 1.82) is 0 Å². The fourth-order valence-electron chi connectivity index (χ4n) is 3.12. The smallest absolute Gasteiger partial charge is 0.135 e. The fraction of sp³-hybridized carbons (Fsp3) is 0. The Kier molecular flexibility index (Phi) is 3.00. The predicted molar refractivity (Wildman–Crippen MR) is 93.5 cm³/mol. The molecule has 0 spiro atoms. The Labute approximate surface area is 137 Å². The molecule has 118 valence electrons. The van der Waals surface area contributed by atoms with Crippen LogP contribution >= 0.6 is 0 Å². The van der Waals surface area contributed by atoms with Crippen molar-refractivity contribution in [2.75, 3.05) is 0 Å². The van der Waals surface area contributed by atoms with Crippen molar-refractivity contribution < 1.29 is 20.4 Å². The van der Waals surface area contributed by atoms with E-state index in [9.17, 15) is 20.4 Å². The highest BCUT2D eigenvalue weighted by Gasteiger charge is 2.17. The molecule has 4 aromatic rings. The first-order valence-electron chi connectivity index (χ1n) is 7.45. The van der Waals surface area contributed by atoms with Gasteiger partial charge in [0.1, 0.15) is 23.0 Å². The van der Waals surface area contributed by atoms with Crippen molar-refractivity contribution in [1.82, 2.24) is 0 Å². The maximum absolute atomic E-state index is 10.6. The molecule has 4 heteroatoms. The summed E-state index contributed by atoms with van der Waals surface area (Å²) in [6, 6.07) is 16.8. The van der Waals surface area contributed by atoms with Crippen LogP contribution in [-0.2, 0) is 0 Å². The van der Waals surface area contributed by atoms with Gasteiger partial charge in [-0.3, -0.25) is 0 Å². The zero-order chi connectivity index (χ0) is 16.8. The summed E-state index contributed by atoms with van der Waals surface area (Å²) in [5.74, 6) is -0.295. The van der Waals surface area contributed by atoms with Crippen LogP contribution < -0.4 is 0 Å². The monoisotopic (exact) mass is 318 g/mol. The lowest BCUT2D eigenvalue weighted by molar-refractivity contribution is 0.460. The topological polar surface area (TPSA) is 80.9 Å². The highest BCUT2D eigenvalue weighted by Crippen LogP contribution is 2.46. The maximum Gasteiger partial charge on any atom is 0.135 e. The SMILES string of the molecule is Oc1cccc2ccc(-c3ccc4cccc(O)c4c3O)c(O)c12. The molecule has 0 aliphatic carbocycles. The summed E-state index contributed by atoms with van der Waals surface area (Å²) in [4.78, 5) is 0. The summed E-state index contributed by atoms with van der Waals surface area (Å²) in [5, 5.41) is 43.4. The van der Waals surface area contributed by atoms with Gasteiger partial charge in [0.25, 0.3) is 0 Å². The van der Waals surface area contributed by atoms with Gasteiger partial charge in [-0.1, -0.05) is 36.4 Å². The number of hydrogen-bond donors (Lipinski definition) is 4. The Bertz CT molecular complexity index is 1010. The zero-order valence-electron chi connectivity index (χ0n) is 12.6. The molecule has 0 atom stereocenters. The minimum absolute atomic E-state index is 0.0324. The summed E-state index contributed by atoms with van der Waals surface area (Å²) >= 11 is 0. The van der Waals surface area contributed by atoms with Crippen molar-refractivity contribution in [2.24, 2.45) is 0 Å². The number of fused-ring (bicyclic) bond motifs is 2. The van der Waals surface area contributed by atoms with E-state index in [4.69, 9.17) is 0 Å². The Morgan fingerprint density at radius 3 is 1.29 bits per heavy atom. The first-order chi connectivity index (χ1) is 11.6. The van der Waals surface area contributed by atoms with Gasteiger partial charge in [0.05, 0.1) is 10.8 Å². The molecule has 0 unspecified atom stereocenters. The third-order valence-electron chi connectivity index (χ3n) is 4.28. The first kappa shape index (κ1) is 14.2. The van der Waals surface area contributed by atoms with Crippen molar-refractivity contribution in [3.8, 4) is 34.1 Å². The lowest BCUT2D eigenvalue weighted by atomic mass is 9.95. The number of rotatable bonds is 1. The van der Waals surface area contributed by atoms with E-state index in [0.717, 1.165) is 0 Å². The van der Waals surface area contributed by atoms with Crippen molar-refractivity contribution >= 4 is 21.5 Å². The average Bonchev–Trinajstić information content (AvgIpc) is 2.56. The Hall–Kier alpha value is -3.40. The third-order valence-corrected chi connectivity index (χ3v) is 4.28. The summed E-state index contributed by atoms with van der Waals surface area (Å²) in [6.45, 7) is 0. The molecule has 0 bridgehead atoms. The highest BCUT2D eigenvalue weighted by molar-refractivity contribution is 6.03. The summed E-state index contributed by atoms with van der Waals surface area (Å²) in [5.41, 5.74) is 0.762. The Morgan fingerprint density at radius 2 is 0.875 bits per heavy atom. The molecule has 0 saturated heterocycles. The second-order valence-corrected chi connectivity index (χ2v) is 5.67. The van der Waals surface area contributed by atoms with Crippen LogP contribution in [0.1, 0.15) is 0 Å². The number of aromatic hydroxyl groups is 4. The van der Waals surface area contributed by atoms with Crippen LogP contribution in [0, 0.1) is 0 Å². The molecule has 24 heavy (non-hydrogen) atoms. The van der Waals surface area contributed by atoms with Crippen LogP contribution in [0.2, 0.25) is 0 Å². The lowest BCUT2D eigenvalue weighted by Crippen LogP contribution is -1.85. The largest absolute Gasteiger partial charge is 0.507 e. The van der Waals surface area contributed by atoms with Crippen LogP contribution in [0.15, 0.2) is 60.7 Å². The van der Waals surface area contributed by atoms with Crippen molar-refractivity contribution in [3.05, 3.63) is 60.7 Å². The Morgan fingerprint density at radius 1 is 0.458 bits per heavy atom. The molecule has 4 N–H and O–H groups in total. The van der Waals surface area contributed by atoms with E-state index in [2.05, 4.69) is 0 Å². The van der Waals surface area contributed by atoms with E-state index in [1.807, 2.05) is 0 Å². The van der Waals surface area contributed by atoms with Crippen molar-refractivity contribution in [2.45, 2.75) is 0 Å². The molecule has 4 aromatic carbocycles. The minimum atomic E-state index is -0.115. The number of phenols is 4. The second kappa shape index (κ2) is 5.06. The fourth-order valence-corrected chi connectivity index (χ4v) is 3.12. The first-order valence-corrected chi connectivity index (χ1v) is 7.45. The molecule has 4 rings (SSSR count). The number of benzene rings is 4. The van der Waals surface area contributed by atoms with Crippen LogP contribution in [0.4, 0.5) is 0 Å². The van der Waals surface area contributed by atoms with Crippen molar-refractivity contribution in [3.63, 3.8) is 0 Å². The van der Waals surface area contributed by atoms with E-state index in [-0.39, 0.29) is 23.0 Å². The van der Waals surface area contributed by atoms with E-state index < -0.39 is 0 Å². The van der Waals surface area contributed by atoms with Gasteiger partial charge in [0.15, 0.2) is 0 Å². The van der Waals surface area contributed by atoms with E-state index in [1.165, 1.54) is 12.1 Å². The molecule has 0 amide bonds.